The minimum absolute atomic E-state index is 0.171. The molecule has 0 fully saturated rings. The lowest BCUT2D eigenvalue weighted by molar-refractivity contribution is -0.117. The van der Waals surface area contributed by atoms with Crippen LogP contribution in [-0.4, -0.2) is 36.3 Å². The Morgan fingerprint density at radius 3 is 3.08 bits per heavy atom. The summed E-state index contributed by atoms with van der Waals surface area (Å²) in [5.41, 5.74) is 0. The van der Waals surface area contributed by atoms with Gasteiger partial charge in [-0.25, -0.2) is 15.0 Å². The topological polar surface area (TPSA) is 78.5 Å². The highest BCUT2D eigenvalue weighted by molar-refractivity contribution is 6.22. The second kappa shape index (κ2) is 2.89. The van der Waals surface area contributed by atoms with Crippen molar-refractivity contribution in [3.05, 3.63) is 0 Å². The van der Waals surface area contributed by atoms with Gasteiger partial charge in [-0.15, -0.1) is 0 Å². The first-order chi connectivity index (χ1) is 6.27. The normalized spacial score (nSPS) is 23.6. The third-order valence-electron chi connectivity index (χ3n) is 1.60. The second-order valence-electron chi connectivity index (χ2n) is 2.59. The molecule has 0 spiro atoms. The summed E-state index contributed by atoms with van der Waals surface area (Å²) in [6.45, 7) is 1.42. The smallest absolute Gasteiger partial charge is 0.222 e. The van der Waals surface area contributed by atoms with Gasteiger partial charge in [0.2, 0.25) is 5.91 Å². The van der Waals surface area contributed by atoms with E-state index in [2.05, 4.69) is 25.3 Å². The Morgan fingerprint density at radius 2 is 2.31 bits per heavy atom. The predicted molar refractivity (Wildman–Crippen MR) is 49.5 cm³/mol. The van der Waals surface area contributed by atoms with E-state index < -0.39 is 0 Å². The number of hydrogen-bond donors (Lipinski definition) is 1. The molecule has 1 amide bonds. The number of rotatable bonds is 0. The van der Waals surface area contributed by atoms with Crippen molar-refractivity contribution in [1.29, 1.82) is 0 Å². The van der Waals surface area contributed by atoms with Crippen molar-refractivity contribution in [3.8, 4) is 0 Å². The third kappa shape index (κ3) is 1.37. The highest BCUT2D eigenvalue weighted by Crippen LogP contribution is 2.07. The van der Waals surface area contributed by atoms with Crippen LogP contribution in [0.15, 0.2) is 20.0 Å². The van der Waals surface area contributed by atoms with Gasteiger partial charge in [0, 0.05) is 6.92 Å². The Kier molecular flexibility index (Phi) is 1.73. The fourth-order valence-corrected chi connectivity index (χ4v) is 1.10. The molecule has 2 heterocycles. The molecule has 1 atom stereocenters. The van der Waals surface area contributed by atoms with Gasteiger partial charge in [0.05, 0.1) is 0 Å². The van der Waals surface area contributed by atoms with Gasteiger partial charge in [-0.1, -0.05) is 0 Å². The summed E-state index contributed by atoms with van der Waals surface area (Å²) in [4.78, 5) is 26.5. The number of hydrogen-bond acceptors (Lipinski definition) is 5. The molecular formula is C7H7N5O. The Bertz CT molecular complexity index is 365. The molecule has 0 aromatic rings. The maximum absolute atomic E-state index is 10.8. The van der Waals surface area contributed by atoms with E-state index in [0.717, 1.165) is 0 Å². The number of carbonyl (C=O) groups excluding carboxylic acids is 1. The van der Waals surface area contributed by atoms with E-state index in [1.165, 1.54) is 19.6 Å². The summed E-state index contributed by atoms with van der Waals surface area (Å²) in [6.07, 6.45) is 2.77. The maximum Gasteiger partial charge on any atom is 0.222 e. The van der Waals surface area contributed by atoms with Gasteiger partial charge in [0.15, 0.2) is 11.9 Å². The lowest BCUT2D eigenvalue weighted by Gasteiger charge is -2.13. The molecule has 0 unspecified atom stereocenters. The Labute approximate surface area is 74.2 Å². The Hall–Kier alpha value is -1.85. The minimum atomic E-state index is -0.325. The first-order valence-corrected chi connectivity index (χ1v) is 3.74. The molecule has 13 heavy (non-hydrogen) atoms. The summed E-state index contributed by atoms with van der Waals surface area (Å²) >= 11 is 0. The van der Waals surface area contributed by atoms with E-state index in [1.807, 2.05) is 0 Å². The van der Waals surface area contributed by atoms with Crippen molar-refractivity contribution in [2.45, 2.75) is 13.0 Å². The van der Waals surface area contributed by atoms with Gasteiger partial charge in [-0.3, -0.25) is 9.79 Å². The molecule has 0 radical (unpaired) electrons. The molecular weight excluding hydrogens is 170 g/mol. The summed E-state index contributed by atoms with van der Waals surface area (Å²) in [7, 11) is 0. The average Bonchev–Trinajstić information content (AvgIpc) is 2.51. The van der Waals surface area contributed by atoms with E-state index in [0.29, 0.717) is 11.7 Å². The van der Waals surface area contributed by atoms with Crippen LogP contribution < -0.4 is 5.32 Å². The molecule has 0 aliphatic carbocycles. The largest absolute Gasteiger partial charge is 0.312 e. The number of aliphatic imine (C=N–C) groups is 4. The zero-order valence-electron chi connectivity index (χ0n) is 6.93. The highest BCUT2D eigenvalue weighted by Gasteiger charge is 2.26. The quantitative estimate of drug-likeness (QED) is 0.525. The number of amidine groups is 2. The van der Waals surface area contributed by atoms with Crippen molar-refractivity contribution < 1.29 is 4.79 Å². The first-order valence-electron chi connectivity index (χ1n) is 3.74. The van der Waals surface area contributed by atoms with Crippen LogP contribution in [0.3, 0.4) is 0 Å². The molecule has 6 nitrogen and oxygen atoms in total. The van der Waals surface area contributed by atoms with E-state index in [4.69, 9.17) is 0 Å². The van der Waals surface area contributed by atoms with Gasteiger partial charge in [-0.05, 0) is 0 Å². The molecule has 1 N–H and O–H groups in total. The molecule has 0 bridgehead atoms. The molecule has 6 heteroatoms. The molecule has 0 aromatic heterocycles. The van der Waals surface area contributed by atoms with Gasteiger partial charge >= 0.3 is 0 Å². The minimum Gasteiger partial charge on any atom is -0.312 e. The first kappa shape index (κ1) is 7.78. The fourth-order valence-electron chi connectivity index (χ4n) is 1.10. The van der Waals surface area contributed by atoms with Gasteiger partial charge in [-0.2, -0.15) is 0 Å². The SMILES string of the molecule is CC(=O)NC1=NC=NC2=NC=N[C@@H]21. The molecule has 2 rings (SSSR count). The van der Waals surface area contributed by atoms with Gasteiger partial charge in [0.1, 0.15) is 18.5 Å². The van der Waals surface area contributed by atoms with Crippen LogP contribution in [-0.2, 0) is 4.79 Å². The van der Waals surface area contributed by atoms with Gasteiger partial charge < -0.3 is 5.32 Å². The zero-order valence-corrected chi connectivity index (χ0v) is 6.93. The standard InChI is InChI=1S/C7H7N5O/c1-4(13)12-7-5-6(9-2-8-5)10-3-11-7/h2-3,5H,1H3,(H,8,9,10,11,12,13)/t5-/m0/s1. The molecule has 2 aliphatic heterocycles. The number of carbonyl (C=O) groups is 1. The summed E-state index contributed by atoms with van der Waals surface area (Å²) < 4.78 is 0. The maximum atomic E-state index is 10.8. The van der Waals surface area contributed by atoms with Crippen LogP contribution in [0.4, 0.5) is 0 Å². The van der Waals surface area contributed by atoms with Crippen molar-refractivity contribution in [1.82, 2.24) is 5.32 Å². The van der Waals surface area contributed by atoms with E-state index >= 15 is 0 Å². The summed E-state index contributed by atoms with van der Waals surface area (Å²) in [6, 6.07) is -0.325. The number of fused-ring (bicyclic) bond motifs is 1. The summed E-state index contributed by atoms with van der Waals surface area (Å²) in [5.74, 6) is 0.879. The fraction of sp³-hybridized carbons (Fsp3) is 0.286. The zero-order chi connectivity index (χ0) is 9.26. The van der Waals surface area contributed by atoms with E-state index in [1.54, 1.807) is 0 Å². The Balaban J connectivity index is 2.23. The van der Waals surface area contributed by atoms with Crippen LogP contribution in [0, 0.1) is 0 Å². The number of amides is 1. The molecule has 2 aliphatic rings. The average molecular weight is 177 g/mol. The van der Waals surface area contributed by atoms with Crippen LogP contribution >= 0.6 is 0 Å². The van der Waals surface area contributed by atoms with Crippen LogP contribution in [0.5, 0.6) is 0 Å². The van der Waals surface area contributed by atoms with Crippen molar-refractivity contribution in [3.63, 3.8) is 0 Å². The second-order valence-corrected chi connectivity index (χ2v) is 2.59. The Morgan fingerprint density at radius 1 is 1.46 bits per heavy atom. The molecule has 0 saturated heterocycles. The third-order valence-corrected chi connectivity index (χ3v) is 1.60. The van der Waals surface area contributed by atoms with Crippen LogP contribution in [0.2, 0.25) is 0 Å². The number of nitrogens with zero attached hydrogens (tertiary/aromatic N) is 4. The lowest BCUT2D eigenvalue weighted by Crippen LogP contribution is -2.41. The lowest BCUT2D eigenvalue weighted by atomic mass is 10.2. The van der Waals surface area contributed by atoms with Crippen molar-refractivity contribution in [2.24, 2.45) is 20.0 Å². The van der Waals surface area contributed by atoms with Crippen molar-refractivity contribution >= 4 is 30.3 Å². The van der Waals surface area contributed by atoms with Crippen LogP contribution in [0.1, 0.15) is 6.92 Å². The van der Waals surface area contributed by atoms with Crippen LogP contribution in [0.25, 0.3) is 0 Å². The van der Waals surface area contributed by atoms with E-state index in [-0.39, 0.29) is 11.9 Å². The highest BCUT2D eigenvalue weighted by atomic mass is 16.1. The predicted octanol–water partition coefficient (Wildman–Crippen LogP) is -0.628. The monoisotopic (exact) mass is 177 g/mol. The number of nitrogens with one attached hydrogen (secondary N) is 1. The molecule has 66 valence electrons. The molecule has 0 aromatic carbocycles. The van der Waals surface area contributed by atoms with Gasteiger partial charge in [0.25, 0.3) is 0 Å². The summed E-state index contributed by atoms with van der Waals surface area (Å²) in [5, 5.41) is 2.58. The molecule has 0 saturated carbocycles. The van der Waals surface area contributed by atoms with Crippen molar-refractivity contribution in [2.75, 3.05) is 0 Å². The van der Waals surface area contributed by atoms with E-state index in [9.17, 15) is 4.79 Å².